The van der Waals surface area contributed by atoms with Crippen molar-refractivity contribution in [2.24, 2.45) is 5.92 Å². The monoisotopic (exact) mass is 343 g/mol. The second-order valence-electron chi connectivity index (χ2n) is 6.15. The minimum atomic E-state index is -1.07. The third kappa shape index (κ3) is 3.63. The van der Waals surface area contributed by atoms with E-state index in [-0.39, 0.29) is 23.5 Å². The SMILES string of the molecule is CC(C)[C@@](C)(C#N)NC(=O)Cn1cnc2ccc([N+](=O)[O-])cc2c1=O. The maximum Gasteiger partial charge on any atom is 0.270 e. The zero-order valence-electron chi connectivity index (χ0n) is 14.0. The van der Waals surface area contributed by atoms with Crippen molar-refractivity contribution in [1.82, 2.24) is 14.9 Å². The molecule has 1 N–H and O–H groups in total. The second kappa shape index (κ2) is 6.68. The molecule has 0 bridgehead atoms. The van der Waals surface area contributed by atoms with Gasteiger partial charge >= 0.3 is 0 Å². The van der Waals surface area contributed by atoms with E-state index in [1.165, 1.54) is 18.5 Å². The summed E-state index contributed by atoms with van der Waals surface area (Å²) >= 11 is 0. The van der Waals surface area contributed by atoms with Gasteiger partial charge in [0.1, 0.15) is 12.1 Å². The first-order chi connectivity index (χ1) is 11.7. The average Bonchev–Trinajstić information content (AvgIpc) is 2.56. The number of aromatic nitrogens is 2. The number of non-ortho nitro benzene ring substituents is 1. The summed E-state index contributed by atoms with van der Waals surface area (Å²) < 4.78 is 1.06. The second-order valence-corrected chi connectivity index (χ2v) is 6.15. The van der Waals surface area contributed by atoms with Gasteiger partial charge < -0.3 is 5.32 Å². The van der Waals surface area contributed by atoms with Crippen molar-refractivity contribution in [3.05, 3.63) is 45.0 Å². The van der Waals surface area contributed by atoms with Gasteiger partial charge in [-0.15, -0.1) is 0 Å². The highest BCUT2D eigenvalue weighted by Crippen LogP contribution is 2.17. The third-order valence-corrected chi connectivity index (χ3v) is 4.12. The maximum atomic E-state index is 12.5. The summed E-state index contributed by atoms with van der Waals surface area (Å²) in [6, 6.07) is 5.82. The maximum absolute atomic E-state index is 12.5. The number of hydrogen-bond acceptors (Lipinski definition) is 6. The van der Waals surface area contributed by atoms with Crippen molar-refractivity contribution < 1.29 is 9.72 Å². The summed E-state index contributed by atoms with van der Waals surface area (Å²) in [6.45, 7) is 4.85. The smallest absolute Gasteiger partial charge is 0.270 e. The minimum absolute atomic E-state index is 0.0522. The van der Waals surface area contributed by atoms with E-state index in [0.717, 1.165) is 10.6 Å². The summed E-state index contributed by atoms with van der Waals surface area (Å²) in [5.74, 6) is -0.651. The highest BCUT2D eigenvalue weighted by atomic mass is 16.6. The van der Waals surface area contributed by atoms with Crippen LogP contribution in [0.3, 0.4) is 0 Å². The van der Waals surface area contributed by atoms with Crippen molar-refractivity contribution in [1.29, 1.82) is 5.26 Å². The highest BCUT2D eigenvalue weighted by Gasteiger charge is 2.30. The normalized spacial score (nSPS) is 13.2. The molecule has 0 fully saturated rings. The molecule has 9 nitrogen and oxygen atoms in total. The van der Waals surface area contributed by atoms with Crippen LogP contribution in [0.15, 0.2) is 29.3 Å². The molecule has 0 aliphatic heterocycles. The molecule has 0 aliphatic carbocycles. The first-order valence-electron chi connectivity index (χ1n) is 7.54. The van der Waals surface area contributed by atoms with Gasteiger partial charge in [-0.3, -0.25) is 24.3 Å². The number of nitrogens with zero attached hydrogens (tertiary/aromatic N) is 4. The van der Waals surface area contributed by atoms with Crippen molar-refractivity contribution in [3.8, 4) is 6.07 Å². The fraction of sp³-hybridized carbons (Fsp3) is 0.375. The predicted molar refractivity (Wildman–Crippen MR) is 89.7 cm³/mol. The molecule has 130 valence electrons. The lowest BCUT2D eigenvalue weighted by atomic mass is 9.90. The number of carbonyl (C=O) groups excluding carboxylic acids is 1. The first kappa shape index (κ1) is 18.1. The van der Waals surface area contributed by atoms with Crippen LogP contribution in [0.2, 0.25) is 0 Å². The Balaban J connectivity index is 2.34. The Morgan fingerprint density at radius 2 is 2.20 bits per heavy atom. The van der Waals surface area contributed by atoms with Gasteiger partial charge in [-0.25, -0.2) is 4.98 Å². The van der Waals surface area contributed by atoms with Crippen LogP contribution in [0.25, 0.3) is 10.9 Å². The van der Waals surface area contributed by atoms with Crippen molar-refractivity contribution >= 4 is 22.5 Å². The van der Waals surface area contributed by atoms with Gasteiger partial charge in [0.15, 0.2) is 0 Å². The van der Waals surface area contributed by atoms with E-state index >= 15 is 0 Å². The van der Waals surface area contributed by atoms with E-state index < -0.39 is 21.9 Å². The fourth-order valence-corrected chi connectivity index (χ4v) is 2.16. The van der Waals surface area contributed by atoms with Gasteiger partial charge in [0, 0.05) is 12.1 Å². The van der Waals surface area contributed by atoms with E-state index in [4.69, 9.17) is 0 Å². The Hall–Kier alpha value is -3.28. The van der Waals surface area contributed by atoms with E-state index in [0.29, 0.717) is 5.52 Å². The predicted octanol–water partition coefficient (Wildman–Crippen LogP) is 1.36. The number of hydrogen-bond donors (Lipinski definition) is 1. The van der Waals surface area contributed by atoms with Crippen LogP contribution in [-0.4, -0.2) is 25.9 Å². The Morgan fingerprint density at radius 3 is 2.76 bits per heavy atom. The van der Waals surface area contributed by atoms with E-state index in [9.17, 15) is 25.0 Å². The van der Waals surface area contributed by atoms with Crippen LogP contribution >= 0.6 is 0 Å². The molecule has 1 heterocycles. The molecule has 0 saturated heterocycles. The van der Waals surface area contributed by atoms with Crippen LogP contribution in [0.1, 0.15) is 20.8 Å². The van der Waals surface area contributed by atoms with Gasteiger partial charge in [-0.1, -0.05) is 13.8 Å². The summed E-state index contributed by atoms with van der Waals surface area (Å²) in [4.78, 5) is 38.9. The number of benzene rings is 1. The van der Waals surface area contributed by atoms with Gasteiger partial charge in [0.25, 0.3) is 11.2 Å². The van der Waals surface area contributed by atoms with E-state index in [1.807, 2.05) is 6.07 Å². The molecule has 0 radical (unpaired) electrons. The lowest BCUT2D eigenvalue weighted by Gasteiger charge is -2.27. The van der Waals surface area contributed by atoms with Crippen LogP contribution < -0.4 is 10.9 Å². The van der Waals surface area contributed by atoms with Crippen LogP contribution in [-0.2, 0) is 11.3 Å². The Kier molecular flexibility index (Phi) is 4.83. The van der Waals surface area contributed by atoms with Gasteiger partial charge in [0.05, 0.1) is 28.2 Å². The molecule has 2 rings (SSSR count). The quantitative estimate of drug-likeness (QED) is 0.644. The molecule has 9 heteroatoms. The molecule has 1 amide bonds. The van der Waals surface area contributed by atoms with Crippen LogP contribution in [0, 0.1) is 27.4 Å². The van der Waals surface area contributed by atoms with Crippen LogP contribution in [0.5, 0.6) is 0 Å². The number of nitro benzene ring substituents is 1. The number of nitriles is 1. The van der Waals surface area contributed by atoms with Crippen molar-refractivity contribution in [2.45, 2.75) is 32.9 Å². The zero-order chi connectivity index (χ0) is 18.8. The number of nitro groups is 1. The van der Waals surface area contributed by atoms with Gasteiger partial charge in [-0.05, 0) is 18.9 Å². The third-order valence-electron chi connectivity index (χ3n) is 4.12. The number of carbonyl (C=O) groups is 1. The summed E-state index contributed by atoms with van der Waals surface area (Å²) in [6.07, 6.45) is 1.20. The molecule has 25 heavy (non-hydrogen) atoms. The average molecular weight is 343 g/mol. The molecule has 0 aliphatic rings. The standard InChI is InChI=1S/C16H17N5O4/c1-10(2)16(3,8-17)19-14(22)7-20-9-18-13-5-4-11(21(24)25)6-12(13)15(20)23/h4-6,9-10H,7H2,1-3H3,(H,19,22)/t16-/m1/s1. The minimum Gasteiger partial charge on any atom is -0.336 e. The molecule has 1 atom stereocenters. The topological polar surface area (TPSA) is 131 Å². The molecular formula is C16H17N5O4. The molecule has 0 spiro atoms. The Bertz CT molecular complexity index is 944. The summed E-state index contributed by atoms with van der Waals surface area (Å²) in [7, 11) is 0. The lowest BCUT2D eigenvalue weighted by Crippen LogP contribution is -2.50. The van der Waals surface area contributed by atoms with Crippen molar-refractivity contribution in [2.75, 3.05) is 0 Å². The molecular weight excluding hydrogens is 326 g/mol. The van der Waals surface area contributed by atoms with Crippen LogP contribution in [0.4, 0.5) is 5.69 Å². The van der Waals surface area contributed by atoms with Crippen molar-refractivity contribution in [3.63, 3.8) is 0 Å². The largest absolute Gasteiger partial charge is 0.336 e. The number of rotatable bonds is 5. The van der Waals surface area contributed by atoms with E-state index in [2.05, 4.69) is 10.3 Å². The number of nitrogens with one attached hydrogen (secondary N) is 1. The lowest BCUT2D eigenvalue weighted by molar-refractivity contribution is -0.384. The number of fused-ring (bicyclic) bond motifs is 1. The molecule has 1 aromatic heterocycles. The number of amides is 1. The van der Waals surface area contributed by atoms with Gasteiger partial charge in [-0.2, -0.15) is 5.26 Å². The summed E-state index contributed by atoms with van der Waals surface area (Å²) in [5, 5.41) is 22.7. The molecule has 0 saturated carbocycles. The summed E-state index contributed by atoms with van der Waals surface area (Å²) in [5.41, 5.74) is -1.56. The first-order valence-corrected chi connectivity index (χ1v) is 7.54. The fourth-order valence-electron chi connectivity index (χ4n) is 2.16. The Labute approximate surface area is 143 Å². The highest BCUT2D eigenvalue weighted by molar-refractivity contribution is 5.81. The molecule has 1 aromatic carbocycles. The van der Waals surface area contributed by atoms with E-state index in [1.54, 1.807) is 20.8 Å². The molecule has 2 aromatic rings. The molecule has 0 unspecified atom stereocenters. The Morgan fingerprint density at radius 1 is 1.52 bits per heavy atom. The van der Waals surface area contributed by atoms with Gasteiger partial charge in [0.2, 0.25) is 5.91 Å². The zero-order valence-corrected chi connectivity index (χ0v) is 14.0.